The first-order valence-electron chi connectivity index (χ1n) is 4.90. The topological polar surface area (TPSA) is 52.6 Å². The van der Waals surface area contributed by atoms with Crippen molar-refractivity contribution in [3.8, 4) is 0 Å². The fraction of sp³-hybridized carbons (Fsp3) is 0.889. The maximum atomic E-state index is 10.6. The van der Waals surface area contributed by atoms with E-state index >= 15 is 0 Å². The third-order valence-electron chi connectivity index (χ3n) is 2.57. The number of hydrogen-bond donors (Lipinski definition) is 2. The van der Waals surface area contributed by atoms with E-state index in [1.165, 1.54) is 0 Å². The SMILES string of the molecule is CCN(CC(=O)O)C1CCNCC1. The average Bonchev–Trinajstić information content (AvgIpc) is 2.15. The zero-order valence-electron chi connectivity index (χ0n) is 8.12. The molecule has 0 aliphatic carbocycles. The molecule has 0 atom stereocenters. The van der Waals surface area contributed by atoms with Gasteiger partial charge in [0.05, 0.1) is 6.54 Å². The fourth-order valence-electron chi connectivity index (χ4n) is 1.84. The molecule has 76 valence electrons. The molecule has 13 heavy (non-hydrogen) atoms. The summed E-state index contributed by atoms with van der Waals surface area (Å²) in [7, 11) is 0. The van der Waals surface area contributed by atoms with Gasteiger partial charge in [0.1, 0.15) is 0 Å². The Kier molecular flexibility index (Phi) is 4.18. The largest absolute Gasteiger partial charge is 0.480 e. The lowest BCUT2D eigenvalue weighted by molar-refractivity contribution is -0.139. The number of carboxylic acids is 1. The fourth-order valence-corrected chi connectivity index (χ4v) is 1.84. The third-order valence-corrected chi connectivity index (χ3v) is 2.57. The Morgan fingerprint density at radius 2 is 2.15 bits per heavy atom. The molecule has 4 heteroatoms. The molecule has 1 fully saturated rings. The number of nitrogens with zero attached hydrogens (tertiary/aromatic N) is 1. The van der Waals surface area contributed by atoms with Crippen LogP contribution in [0.3, 0.4) is 0 Å². The maximum Gasteiger partial charge on any atom is 0.317 e. The van der Waals surface area contributed by atoms with Crippen molar-refractivity contribution in [1.29, 1.82) is 0 Å². The molecule has 0 bridgehead atoms. The Morgan fingerprint density at radius 1 is 1.54 bits per heavy atom. The van der Waals surface area contributed by atoms with E-state index in [0.717, 1.165) is 32.5 Å². The van der Waals surface area contributed by atoms with Crippen LogP contribution in [0.1, 0.15) is 19.8 Å². The molecular weight excluding hydrogens is 168 g/mol. The van der Waals surface area contributed by atoms with Crippen molar-refractivity contribution in [2.45, 2.75) is 25.8 Å². The van der Waals surface area contributed by atoms with Crippen LogP contribution in [0, 0.1) is 0 Å². The van der Waals surface area contributed by atoms with E-state index in [1.807, 2.05) is 11.8 Å². The second-order valence-corrected chi connectivity index (χ2v) is 3.44. The monoisotopic (exact) mass is 186 g/mol. The Labute approximate surface area is 78.9 Å². The molecule has 0 saturated carbocycles. The van der Waals surface area contributed by atoms with E-state index in [4.69, 9.17) is 5.11 Å². The van der Waals surface area contributed by atoms with Gasteiger partial charge in [0.15, 0.2) is 0 Å². The average molecular weight is 186 g/mol. The van der Waals surface area contributed by atoms with Crippen molar-refractivity contribution < 1.29 is 9.90 Å². The molecule has 0 spiro atoms. The summed E-state index contributed by atoms with van der Waals surface area (Å²) in [4.78, 5) is 12.6. The number of piperidine rings is 1. The molecule has 0 radical (unpaired) electrons. The first-order chi connectivity index (χ1) is 6.24. The summed E-state index contributed by atoms with van der Waals surface area (Å²) >= 11 is 0. The van der Waals surface area contributed by atoms with Crippen molar-refractivity contribution in [2.24, 2.45) is 0 Å². The van der Waals surface area contributed by atoms with Crippen LogP contribution in [-0.4, -0.2) is 48.2 Å². The van der Waals surface area contributed by atoms with E-state index in [9.17, 15) is 4.79 Å². The highest BCUT2D eigenvalue weighted by Gasteiger charge is 2.20. The number of carbonyl (C=O) groups is 1. The summed E-state index contributed by atoms with van der Waals surface area (Å²) in [6.07, 6.45) is 2.14. The lowest BCUT2D eigenvalue weighted by Crippen LogP contribution is -2.45. The van der Waals surface area contributed by atoms with Crippen molar-refractivity contribution >= 4 is 5.97 Å². The minimum atomic E-state index is -0.722. The predicted molar refractivity (Wildman–Crippen MR) is 50.8 cm³/mol. The minimum absolute atomic E-state index is 0.182. The Balaban J connectivity index is 2.39. The maximum absolute atomic E-state index is 10.6. The molecule has 1 saturated heterocycles. The standard InChI is InChI=1S/C9H18N2O2/c1-2-11(7-9(12)13)8-3-5-10-6-4-8/h8,10H,2-7H2,1H3,(H,12,13). The highest BCUT2D eigenvalue weighted by molar-refractivity contribution is 5.69. The molecular formula is C9H18N2O2. The predicted octanol–water partition coefficient (Wildman–Crippen LogP) is 0.145. The van der Waals surface area contributed by atoms with E-state index in [1.54, 1.807) is 0 Å². The molecule has 0 amide bonds. The van der Waals surface area contributed by atoms with Crippen molar-refractivity contribution in [2.75, 3.05) is 26.2 Å². The molecule has 2 N–H and O–H groups in total. The number of carboxylic acid groups (broad SMARTS) is 1. The van der Waals surface area contributed by atoms with Crippen LogP contribution in [-0.2, 0) is 4.79 Å². The molecule has 0 aromatic carbocycles. The number of hydrogen-bond acceptors (Lipinski definition) is 3. The normalized spacial score (nSPS) is 19.2. The van der Waals surface area contributed by atoms with Crippen molar-refractivity contribution in [3.05, 3.63) is 0 Å². The summed E-state index contributed by atoms with van der Waals surface area (Å²) in [6.45, 7) is 5.06. The van der Waals surface area contributed by atoms with Gasteiger partial charge in [-0.1, -0.05) is 6.92 Å². The zero-order valence-corrected chi connectivity index (χ0v) is 8.12. The Bertz CT molecular complexity index is 167. The van der Waals surface area contributed by atoms with Gasteiger partial charge in [0, 0.05) is 6.04 Å². The van der Waals surface area contributed by atoms with Gasteiger partial charge in [-0.3, -0.25) is 9.69 Å². The summed E-state index contributed by atoms with van der Waals surface area (Å²) in [5, 5.41) is 12.0. The Hall–Kier alpha value is -0.610. The molecule has 4 nitrogen and oxygen atoms in total. The number of likely N-dealkylation sites (N-methyl/N-ethyl adjacent to an activating group) is 1. The first kappa shape index (κ1) is 10.5. The van der Waals surface area contributed by atoms with Crippen LogP contribution in [0.15, 0.2) is 0 Å². The Morgan fingerprint density at radius 3 is 2.62 bits per heavy atom. The van der Waals surface area contributed by atoms with E-state index in [2.05, 4.69) is 5.32 Å². The van der Waals surface area contributed by atoms with Crippen LogP contribution in [0.5, 0.6) is 0 Å². The zero-order chi connectivity index (χ0) is 9.68. The van der Waals surface area contributed by atoms with Crippen LogP contribution in [0.2, 0.25) is 0 Å². The number of aliphatic carboxylic acids is 1. The number of rotatable bonds is 4. The molecule has 0 unspecified atom stereocenters. The lowest BCUT2D eigenvalue weighted by atomic mass is 10.1. The second kappa shape index (κ2) is 5.19. The van der Waals surface area contributed by atoms with E-state index < -0.39 is 5.97 Å². The molecule has 1 heterocycles. The smallest absolute Gasteiger partial charge is 0.317 e. The molecule has 1 rings (SSSR count). The van der Waals surface area contributed by atoms with Crippen LogP contribution >= 0.6 is 0 Å². The molecule has 0 aromatic rings. The molecule has 0 aromatic heterocycles. The van der Waals surface area contributed by atoms with Crippen LogP contribution < -0.4 is 5.32 Å². The van der Waals surface area contributed by atoms with Crippen molar-refractivity contribution in [3.63, 3.8) is 0 Å². The lowest BCUT2D eigenvalue weighted by Gasteiger charge is -2.32. The van der Waals surface area contributed by atoms with Crippen LogP contribution in [0.4, 0.5) is 0 Å². The highest BCUT2D eigenvalue weighted by atomic mass is 16.4. The van der Waals surface area contributed by atoms with Gasteiger partial charge >= 0.3 is 5.97 Å². The summed E-state index contributed by atoms with van der Waals surface area (Å²) < 4.78 is 0. The van der Waals surface area contributed by atoms with Gasteiger partial charge in [-0.15, -0.1) is 0 Å². The first-order valence-corrected chi connectivity index (χ1v) is 4.90. The van der Waals surface area contributed by atoms with Gasteiger partial charge < -0.3 is 10.4 Å². The molecule has 1 aliphatic heterocycles. The summed E-state index contributed by atoms with van der Waals surface area (Å²) in [6, 6.07) is 0.461. The second-order valence-electron chi connectivity index (χ2n) is 3.44. The van der Waals surface area contributed by atoms with E-state index in [0.29, 0.717) is 6.04 Å². The minimum Gasteiger partial charge on any atom is -0.480 e. The van der Waals surface area contributed by atoms with Crippen molar-refractivity contribution in [1.82, 2.24) is 10.2 Å². The van der Waals surface area contributed by atoms with Gasteiger partial charge in [-0.2, -0.15) is 0 Å². The summed E-state index contributed by atoms with van der Waals surface area (Å²) in [5.74, 6) is -0.722. The third kappa shape index (κ3) is 3.32. The van der Waals surface area contributed by atoms with E-state index in [-0.39, 0.29) is 6.54 Å². The van der Waals surface area contributed by atoms with Crippen LogP contribution in [0.25, 0.3) is 0 Å². The van der Waals surface area contributed by atoms with Gasteiger partial charge in [-0.25, -0.2) is 0 Å². The number of nitrogens with one attached hydrogen (secondary N) is 1. The molecule has 1 aliphatic rings. The summed E-state index contributed by atoms with van der Waals surface area (Å²) in [5.41, 5.74) is 0. The van der Waals surface area contributed by atoms with Gasteiger partial charge in [-0.05, 0) is 32.5 Å². The highest BCUT2D eigenvalue weighted by Crippen LogP contribution is 2.10. The van der Waals surface area contributed by atoms with Gasteiger partial charge in [0.2, 0.25) is 0 Å². The quantitative estimate of drug-likeness (QED) is 0.656. The van der Waals surface area contributed by atoms with Gasteiger partial charge in [0.25, 0.3) is 0 Å².